The molecule has 1 N–H and O–H groups in total. The number of hydrogen-bond acceptors (Lipinski definition) is 2. The quantitative estimate of drug-likeness (QED) is 0.899. The molecule has 4 heteroatoms. The summed E-state index contributed by atoms with van der Waals surface area (Å²) < 4.78 is 14.9. The second kappa shape index (κ2) is 4.90. The van der Waals surface area contributed by atoms with Crippen molar-refractivity contribution in [1.82, 2.24) is 15.1 Å². The molecule has 0 saturated carbocycles. The highest BCUT2D eigenvalue weighted by molar-refractivity contribution is 5.31. The summed E-state index contributed by atoms with van der Waals surface area (Å²) in [5.74, 6) is -0.234. The lowest BCUT2D eigenvalue weighted by atomic mass is 10.1. The van der Waals surface area contributed by atoms with Crippen LogP contribution in [0.25, 0.3) is 5.69 Å². The molecule has 0 aliphatic carbocycles. The van der Waals surface area contributed by atoms with Gasteiger partial charge < -0.3 is 5.32 Å². The summed E-state index contributed by atoms with van der Waals surface area (Å²) >= 11 is 0. The van der Waals surface area contributed by atoms with Crippen molar-refractivity contribution in [3.8, 4) is 5.69 Å². The highest BCUT2D eigenvalue weighted by Gasteiger charge is 2.15. The molecule has 1 atom stereocenters. The van der Waals surface area contributed by atoms with E-state index in [1.54, 1.807) is 10.7 Å². The van der Waals surface area contributed by atoms with E-state index in [0.29, 0.717) is 6.04 Å². The maximum Gasteiger partial charge on any atom is 0.125 e. The molecule has 1 aromatic carbocycles. The van der Waals surface area contributed by atoms with E-state index in [2.05, 4.69) is 10.4 Å². The van der Waals surface area contributed by atoms with Crippen molar-refractivity contribution in [1.29, 1.82) is 0 Å². The summed E-state index contributed by atoms with van der Waals surface area (Å²) in [5.41, 5.74) is 1.96. The lowest BCUT2D eigenvalue weighted by Crippen LogP contribution is -2.23. The van der Waals surface area contributed by atoms with Crippen molar-refractivity contribution in [2.75, 3.05) is 6.54 Å². The lowest BCUT2D eigenvalue weighted by Gasteiger charge is -2.07. The first-order valence-corrected chi connectivity index (χ1v) is 6.34. The molecule has 0 radical (unpaired) electrons. The summed E-state index contributed by atoms with van der Waals surface area (Å²) in [6, 6.07) is 7.05. The number of aromatic nitrogens is 2. The van der Waals surface area contributed by atoms with Crippen molar-refractivity contribution < 1.29 is 4.39 Å². The van der Waals surface area contributed by atoms with Crippen molar-refractivity contribution >= 4 is 0 Å². The van der Waals surface area contributed by atoms with Gasteiger partial charge in [0.1, 0.15) is 5.82 Å². The zero-order valence-corrected chi connectivity index (χ0v) is 10.1. The fourth-order valence-electron chi connectivity index (χ4n) is 2.44. The van der Waals surface area contributed by atoms with Gasteiger partial charge in [-0.25, -0.2) is 9.07 Å². The Morgan fingerprint density at radius 1 is 1.44 bits per heavy atom. The van der Waals surface area contributed by atoms with Gasteiger partial charge in [0, 0.05) is 12.2 Å². The van der Waals surface area contributed by atoms with E-state index in [1.165, 1.54) is 30.5 Å². The SMILES string of the molecule is Fc1cccc(-n2cc(CC3CCCN3)cn2)c1. The Balaban J connectivity index is 1.76. The highest BCUT2D eigenvalue weighted by Crippen LogP contribution is 2.14. The number of nitrogens with zero attached hydrogens (tertiary/aromatic N) is 2. The molecular weight excluding hydrogens is 229 g/mol. The predicted octanol–water partition coefficient (Wildman–Crippen LogP) is 2.31. The third kappa shape index (κ3) is 2.43. The summed E-state index contributed by atoms with van der Waals surface area (Å²) in [4.78, 5) is 0. The Hall–Kier alpha value is -1.68. The molecule has 2 heterocycles. The van der Waals surface area contributed by atoms with Gasteiger partial charge in [0.25, 0.3) is 0 Å². The van der Waals surface area contributed by atoms with E-state index in [4.69, 9.17) is 0 Å². The Morgan fingerprint density at radius 2 is 2.39 bits per heavy atom. The summed E-state index contributed by atoms with van der Waals surface area (Å²) in [7, 11) is 0. The molecule has 1 saturated heterocycles. The highest BCUT2D eigenvalue weighted by atomic mass is 19.1. The number of benzene rings is 1. The smallest absolute Gasteiger partial charge is 0.125 e. The fraction of sp³-hybridized carbons (Fsp3) is 0.357. The molecule has 3 rings (SSSR count). The van der Waals surface area contributed by atoms with Crippen molar-refractivity contribution in [3.63, 3.8) is 0 Å². The lowest BCUT2D eigenvalue weighted by molar-refractivity contribution is 0.603. The molecule has 1 fully saturated rings. The van der Waals surface area contributed by atoms with Crippen LogP contribution in [-0.2, 0) is 6.42 Å². The van der Waals surface area contributed by atoms with E-state index in [1.807, 2.05) is 18.5 Å². The predicted molar refractivity (Wildman–Crippen MR) is 68.3 cm³/mol. The molecule has 1 aliphatic rings. The van der Waals surface area contributed by atoms with E-state index in [9.17, 15) is 4.39 Å². The van der Waals surface area contributed by atoms with Crippen molar-refractivity contribution in [3.05, 3.63) is 48.0 Å². The van der Waals surface area contributed by atoms with E-state index in [0.717, 1.165) is 18.7 Å². The van der Waals surface area contributed by atoms with Gasteiger partial charge in [-0.2, -0.15) is 5.10 Å². The first-order chi connectivity index (χ1) is 8.81. The second-order valence-corrected chi connectivity index (χ2v) is 4.77. The van der Waals surface area contributed by atoms with Gasteiger partial charge in [-0.1, -0.05) is 6.07 Å². The Kier molecular flexibility index (Phi) is 3.11. The molecule has 0 amide bonds. The van der Waals surface area contributed by atoms with Crippen LogP contribution in [0.4, 0.5) is 4.39 Å². The normalized spacial score (nSPS) is 19.3. The molecule has 0 spiro atoms. The molecule has 3 nitrogen and oxygen atoms in total. The minimum atomic E-state index is -0.234. The minimum Gasteiger partial charge on any atom is -0.314 e. The maximum atomic E-state index is 13.1. The van der Waals surface area contributed by atoms with E-state index in [-0.39, 0.29) is 5.82 Å². The van der Waals surface area contributed by atoms with E-state index >= 15 is 0 Å². The van der Waals surface area contributed by atoms with Crippen LogP contribution in [-0.4, -0.2) is 22.4 Å². The zero-order valence-electron chi connectivity index (χ0n) is 10.1. The molecular formula is C14H16FN3. The molecule has 1 aliphatic heterocycles. The Morgan fingerprint density at radius 3 is 3.17 bits per heavy atom. The van der Waals surface area contributed by atoms with Crippen LogP contribution in [0.1, 0.15) is 18.4 Å². The first kappa shape index (κ1) is 11.4. The minimum absolute atomic E-state index is 0.234. The van der Waals surface area contributed by atoms with Crippen LogP contribution in [0.2, 0.25) is 0 Å². The van der Waals surface area contributed by atoms with Gasteiger partial charge in [-0.3, -0.25) is 0 Å². The average molecular weight is 245 g/mol. The second-order valence-electron chi connectivity index (χ2n) is 4.77. The zero-order chi connectivity index (χ0) is 12.4. The number of halogens is 1. The van der Waals surface area contributed by atoms with Gasteiger partial charge in [0.2, 0.25) is 0 Å². The maximum absolute atomic E-state index is 13.1. The van der Waals surface area contributed by atoms with E-state index < -0.39 is 0 Å². The van der Waals surface area contributed by atoms with Gasteiger partial charge >= 0.3 is 0 Å². The van der Waals surface area contributed by atoms with Crippen LogP contribution >= 0.6 is 0 Å². The van der Waals surface area contributed by atoms with Gasteiger partial charge in [-0.15, -0.1) is 0 Å². The van der Waals surface area contributed by atoms with Crippen LogP contribution in [0.3, 0.4) is 0 Å². The summed E-state index contributed by atoms with van der Waals surface area (Å²) in [5, 5.41) is 7.76. The molecule has 2 aromatic rings. The first-order valence-electron chi connectivity index (χ1n) is 6.34. The molecule has 18 heavy (non-hydrogen) atoms. The van der Waals surface area contributed by atoms with Crippen molar-refractivity contribution in [2.24, 2.45) is 0 Å². The summed E-state index contributed by atoms with van der Waals surface area (Å²) in [6.45, 7) is 1.11. The number of hydrogen-bond donors (Lipinski definition) is 1. The van der Waals surface area contributed by atoms with Gasteiger partial charge in [0.05, 0.1) is 11.9 Å². The molecule has 94 valence electrons. The fourth-order valence-corrected chi connectivity index (χ4v) is 2.44. The van der Waals surface area contributed by atoms with Crippen molar-refractivity contribution in [2.45, 2.75) is 25.3 Å². The number of rotatable bonds is 3. The average Bonchev–Trinajstić information content (AvgIpc) is 3.01. The third-order valence-electron chi connectivity index (χ3n) is 3.35. The summed E-state index contributed by atoms with van der Waals surface area (Å²) in [6.07, 6.45) is 7.32. The van der Waals surface area contributed by atoms with Crippen LogP contribution in [0.5, 0.6) is 0 Å². The largest absolute Gasteiger partial charge is 0.314 e. The molecule has 1 aromatic heterocycles. The topological polar surface area (TPSA) is 29.9 Å². The monoisotopic (exact) mass is 245 g/mol. The van der Waals surface area contributed by atoms with Crippen LogP contribution in [0, 0.1) is 5.82 Å². The molecule has 0 bridgehead atoms. The third-order valence-corrected chi connectivity index (χ3v) is 3.35. The Bertz CT molecular complexity index is 529. The standard InChI is InChI=1S/C14H16FN3/c15-12-3-1-5-14(8-12)18-10-11(9-17-18)7-13-4-2-6-16-13/h1,3,5,8-10,13,16H,2,4,6-7H2. The Labute approximate surface area is 106 Å². The molecule has 1 unspecified atom stereocenters. The van der Waals surface area contributed by atoms with Crippen LogP contribution < -0.4 is 5.32 Å². The van der Waals surface area contributed by atoms with Gasteiger partial charge in [0.15, 0.2) is 0 Å². The number of nitrogens with one attached hydrogen (secondary N) is 1. The van der Waals surface area contributed by atoms with Gasteiger partial charge in [-0.05, 0) is 49.6 Å². The van der Waals surface area contributed by atoms with Crippen LogP contribution in [0.15, 0.2) is 36.7 Å².